The van der Waals surface area contributed by atoms with E-state index in [9.17, 15) is 13.2 Å². The van der Waals surface area contributed by atoms with Gasteiger partial charge in [0, 0.05) is 34.3 Å². The molecule has 1 fully saturated rings. The van der Waals surface area contributed by atoms with E-state index in [1.807, 2.05) is 36.4 Å². The van der Waals surface area contributed by atoms with Gasteiger partial charge in [-0.2, -0.15) is 4.31 Å². The number of hydrogen-bond acceptors (Lipinski definition) is 6. The predicted octanol–water partition coefficient (Wildman–Crippen LogP) is 3.69. The molecule has 3 aromatic rings. The Labute approximate surface area is 191 Å². The van der Waals surface area contributed by atoms with Crippen LogP contribution in [0.3, 0.4) is 0 Å². The number of hydrogen-bond donors (Lipinski definition) is 2. The van der Waals surface area contributed by atoms with Crippen molar-refractivity contribution in [2.45, 2.75) is 14.7 Å². The van der Waals surface area contributed by atoms with E-state index in [0.717, 1.165) is 4.90 Å². The van der Waals surface area contributed by atoms with Crippen molar-refractivity contribution in [1.29, 1.82) is 0 Å². The molecule has 3 N–H and O–H groups in total. The highest BCUT2D eigenvalue weighted by Crippen LogP contribution is 2.35. The minimum Gasteiger partial charge on any atom is -0.398 e. The summed E-state index contributed by atoms with van der Waals surface area (Å²) in [6.45, 7) is 1.26. The molecule has 32 heavy (non-hydrogen) atoms. The molecule has 0 aliphatic carbocycles. The van der Waals surface area contributed by atoms with Crippen LogP contribution in [0, 0.1) is 0 Å². The summed E-state index contributed by atoms with van der Waals surface area (Å²) in [6.07, 6.45) is 0. The van der Waals surface area contributed by atoms with Gasteiger partial charge in [0.15, 0.2) is 0 Å². The van der Waals surface area contributed by atoms with Gasteiger partial charge in [-0.3, -0.25) is 4.79 Å². The van der Waals surface area contributed by atoms with Crippen LogP contribution in [0.15, 0.2) is 87.5 Å². The fourth-order valence-electron chi connectivity index (χ4n) is 3.28. The number of carbonyl (C=O) groups excluding carboxylic acids is 1. The Hall–Kier alpha value is -2.85. The van der Waals surface area contributed by atoms with Crippen LogP contribution < -0.4 is 11.1 Å². The Morgan fingerprint density at radius 2 is 1.62 bits per heavy atom. The molecule has 0 aromatic heterocycles. The average Bonchev–Trinajstić information content (AvgIpc) is 2.82. The van der Waals surface area contributed by atoms with E-state index in [1.54, 1.807) is 24.3 Å². The topological polar surface area (TPSA) is 102 Å². The number of nitrogen functional groups attached to an aromatic ring is 1. The summed E-state index contributed by atoms with van der Waals surface area (Å²) in [6, 6.07) is 21.0. The Bertz CT molecular complexity index is 1210. The van der Waals surface area contributed by atoms with Crippen LogP contribution in [0.5, 0.6) is 0 Å². The minimum absolute atomic E-state index is 0.0722. The quantitative estimate of drug-likeness (QED) is 0.534. The molecule has 7 nitrogen and oxygen atoms in total. The summed E-state index contributed by atoms with van der Waals surface area (Å²) >= 11 is 1.32. The lowest BCUT2D eigenvalue weighted by Crippen LogP contribution is -2.40. The summed E-state index contributed by atoms with van der Waals surface area (Å²) in [5, 5.41) is 2.85. The fraction of sp³-hybridized carbons (Fsp3) is 0.174. The zero-order chi connectivity index (χ0) is 22.6. The van der Waals surface area contributed by atoms with Crippen molar-refractivity contribution < 1.29 is 17.9 Å². The molecule has 0 unspecified atom stereocenters. The first kappa shape index (κ1) is 22.3. The van der Waals surface area contributed by atoms with Crippen LogP contribution >= 0.6 is 11.8 Å². The summed E-state index contributed by atoms with van der Waals surface area (Å²) in [5.41, 5.74) is 7.54. The Balaban J connectivity index is 1.72. The zero-order valence-corrected chi connectivity index (χ0v) is 18.9. The number of para-hydroxylation sites is 2. The maximum atomic E-state index is 13.2. The third kappa shape index (κ3) is 4.97. The monoisotopic (exact) mass is 469 g/mol. The van der Waals surface area contributed by atoms with E-state index in [0.29, 0.717) is 29.5 Å². The molecule has 1 heterocycles. The molecule has 0 spiro atoms. The number of ether oxygens (including phenoxy) is 1. The lowest BCUT2D eigenvalue weighted by Gasteiger charge is -2.26. The smallest absolute Gasteiger partial charge is 0.256 e. The van der Waals surface area contributed by atoms with E-state index in [2.05, 4.69) is 5.32 Å². The van der Waals surface area contributed by atoms with Gasteiger partial charge in [0.25, 0.3) is 5.91 Å². The van der Waals surface area contributed by atoms with Crippen LogP contribution in [-0.2, 0) is 14.8 Å². The summed E-state index contributed by atoms with van der Waals surface area (Å²) in [7, 11) is -3.75. The molecule has 0 saturated carbocycles. The normalized spacial score (nSPS) is 14.8. The number of nitrogens with two attached hydrogens (primary N) is 1. The van der Waals surface area contributed by atoms with Crippen molar-refractivity contribution >= 4 is 39.1 Å². The number of amides is 1. The van der Waals surface area contributed by atoms with Crippen molar-refractivity contribution in [2.24, 2.45) is 0 Å². The molecular formula is C23H23N3O4S2. The van der Waals surface area contributed by atoms with Gasteiger partial charge in [0.1, 0.15) is 0 Å². The van der Waals surface area contributed by atoms with Gasteiger partial charge in [-0.05, 0) is 42.5 Å². The molecule has 1 saturated heterocycles. The number of nitrogens with zero attached hydrogens (tertiary/aromatic N) is 1. The molecule has 1 amide bonds. The average molecular weight is 470 g/mol. The van der Waals surface area contributed by atoms with Crippen LogP contribution in [0.1, 0.15) is 10.4 Å². The van der Waals surface area contributed by atoms with Gasteiger partial charge in [-0.15, -0.1) is 0 Å². The SMILES string of the molecule is Nc1ccccc1Sc1ccc(S(=O)(=O)N2CCOCC2)cc1C(=O)Nc1ccccc1. The highest BCUT2D eigenvalue weighted by atomic mass is 32.2. The lowest BCUT2D eigenvalue weighted by atomic mass is 10.2. The van der Waals surface area contributed by atoms with E-state index >= 15 is 0 Å². The van der Waals surface area contributed by atoms with Gasteiger partial charge in [-0.25, -0.2) is 8.42 Å². The molecular weight excluding hydrogens is 446 g/mol. The van der Waals surface area contributed by atoms with Crippen molar-refractivity contribution in [3.8, 4) is 0 Å². The van der Waals surface area contributed by atoms with Crippen molar-refractivity contribution in [2.75, 3.05) is 37.4 Å². The van der Waals surface area contributed by atoms with Crippen LogP contribution in [0.25, 0.3) is 0 Å². The number of benzene rings is 3. The van der Waals surface area contributed by atoms with Crippen LogP contribution in [0.4, 0.5) is 11.4 Å². The van der Waals surface area contributed by atoms with Crippen molar-refractivity contribution in [1.82, 2.24) is 4.31 Å². The number of sulfonamides is 1. The zero-order valence-electron chi connectivity index (χ0n) is 17.2. The molecule has 3 aromatic carbocycles. The van der Waals surface area contributed by atoms with Crippen LogP contribution in [-0.4, -0.2) is 44.9 Å². The van der Waals surface area contributed by atoms with E-state index < -0.39 is 15.9 Å². The summed E-state index contributed by atoms with van der Waals surface area (Å²) < 4.78 is 33.0. The highest BCUT2D eigenvalue weighted by molar-refractivity contribution is 7.99. The largest absolute Gasteiger partial charge is 0.398 e. The number of rotatable bonds is 6. The number of morpholine rings is 1. The van der Waals surface area contributed by atoms with Crippen molar-refractivity contribution in [3.05, 3.63) is 78.4 Å². The fourth-order valence-corrected chi connectivity index (χ4v) is 5.69. The molecule has 4 rings (SSSR count). The van der Waals surface area contributed by atoms with Gasteiger partial charge in [-0.1, -0.05) is 42.1 Å². The summed E-state index contributed by atoms with van der Waals surface area (Å²) in [4.78, 5) is 14.6. The Morgan fingerprint density at radius 1 is 0.938 bits per heavy atom. The van der Waals surface area contributed by atoms with Gasteiger partial charge < -0.3 is 15.8 Å². The Morgan fingerprint density at radius 3 is 2.34 bits per heavy atom. The molecule has 9 heteroatoms. The Kier molecular flexibility index (Phi) is 6.80. The number of carbonyl (C=O) groups is 1. The van der Waals surface area contributed by atoms with Gasteiger partial charge in [0.2, 0.25) is 10.0 Å². The molecule has 1 aliphatic rings. The molecule has 166 valence electrons. The second-order valence-electron chi connectivity index (χ2n) is 7.13. The van der Waals surface area contributed by atoms with E-state index in [1.165, 1.54) is 28.2 Å². The molecule has 0 radical (unpaired) electrons. The summed E-state index contributed by atoms with van der Waals surface area (Å²) in [5.74, 6) is -0.396. The second kappa shape index (κ2) is 9.74. The third-order valence-electron chi connectivity index (χ3n) is 4.97. The molecule has 1 aliphatic heterocycles. The number of anilines is 2. The minimum atomic E-state index is -3.75. The maximum Gasteiger partial charge on any atom is 0.256 e. The van der Waals surface area contributed by atoms with Crippen molar-refractivity contribution in [3.63, 3.8) is 0 Å². The number of nitrogens with one attached hydrogen (secondary N) is 1. The highest BCUT2D eigenvalue weighted by Gasteiger charge is 2.28. The molecule has 0 atom stereocenters. The predicted molar refractivity (Wildman–Crippen MR) is 125 cm³/mol. The maximum absolute atomic E-state index is 13.2. The van der Waals surface area contributed by atoms with Gasteiger partial charge >= 0.3 is 0 Å². The first-order valence-electron chi connectivity index (χ1n) is 10.1. The molecule has 0 bridgehead atoms. The third-order valence-corrected chi connectivity index (χ3v) is 8.04. The van der Waals surface area contributed by atoms with E-state index in [4.69, 9.17) is 10.5 Å². The standard InChI is InChI=1S/C23H23N3O4S2/c24-20-8-4-5-9-22(20)31-21-11-10-18(32(28,29)26-12-14-30-15-13-26)16-19(21)23(27)25-17-6-2-1-3-7-17/h1-11,16H,12-15,24H2,(H,25,27). The van der Waals surface area contributed by atoms with Gasteiger partial charge in [0.05, 0.1) is 23.7 Å². The lowest BCUT2D eigenvalue weighted by molar-refractivity contribution is 0.0730. The second-order valence-corrected chi connectivity index (χ2v) is 10.2. The first-order chi connectivity index (χ1) is 15.4. The first-order valence-corrected chi connectivity index (χ1v) is 12.3. The van der Waals surface area contributed by atoms with Crippen LogP contribution in [0.2, 0.25) is 0 Å². The van der Waals surface area contributed by atoms with E-state index in [-0.39, 0.29) is 23.5 Å².